The Balaban J connectivity index is 2.19. The molecule has 25 heavy (non-hydrogen) atoms. The molecule has 132 valence electrons. The summed E-state index contributed by atoms with van der Waals surface area (Å²) in [5.41, 5.74) is 8.27. The van der Waals surface area contributed by atoms with Crippen LogP contribution in [0.15, 0.2) is 48.5 Å². The third kappa shape index (κ3) is 5.01. The van der Waals surface area contributed by atoms with Gasteiger partial charge in [0, 0.05) is 6.08 Å². The highest BCUT2D eigenvalue weighted by Crippen LogP contribution is 2.29. The summed E-state index contributed by atoms with van der Waals surface area (Å²) in [6.07, 6.45) is 2.89. The quantitative estimate of drug-likeness (QED) is 0.749. The lowest BCUT2D eigenvalue weighted by atomic mass is 9.97. The summed E-state index contributed by atoms with van der Waals surface area (Å²) in [6.45, 7) is 0. The van der Waals surface area contributed by atoms with Gasteiger partial charge in [-0.2, -0.15) is 0 Å². The Labute approximate surface area is 148 Å². The van der Waals surface area contributed by atoms with Gasteiger partial charge in [0.1, 0.15) is 5.75 Å². The highest BCUT2D eigenvalue weighted by Gasteiger charge is 2.08. The zero-order valence-corrected chi connectivity index (χ0v) is 14.7. The number of methoxy groups -OCH3 is 3. The van der Waals surface area contributed by atoms with Crippen molar-refractivity contribution < 1.29 is 19.0 Å². The molecule has 0 aliphatic heterocycles. The van der Waals surface area contributed by atoms with E-state index in [1.165, 1.54) is 6.08 Å². The van der Waals surface area contributed by atoms with Gasteiger partial charge in [0.15, 0.2) is 11.5 Å². The van der Waals surface area contributed by atoms with E-state index < -0.39 is 5.91 Å². The molecule has 2 rings (SSSR count). The second kappa shape index (κ2) is 8.78. The standard InChI is InChI=1S/C20H23NO4/c1-23-17-9-7-15(8-10-17)16(13-20(21)22)6-4-14-5-11-18(24-2)19(12-14)25-3/h5,7-13H,4,6H2,1-3H3,(H2,21,22). The first-order valence-corrected chi connectivity index (χ1v) is 7.92. The number of benzene rings is 2. The van der Waals surface area contributed by atoms with E-state index in [0.717, 1.165) is 28.9 Å². The molecule has 0 aliphatic rings. The largest absolute Gasteiger partial charge is 0.497 e. The van der Waals surface area contributed by atoms with Crippen molar-refractivity contribution in [1.29, 1.82) is 0 Å². The summed E-state index contributed by atoms with van der Waals surface area (Å²) in [7, 11) is 4.83. The van der Waals surface area contributed by atoms with Crippen molar-refractivity contribution >= 4 is 11.5 Å². The van der Waals surface area contributed by atoms with E-state index in [9.17, 15) is 4.79 Å². The number of aryl methyl sites for hydroxylation is 1. The summed E-state index contributed by atoms with van der Waals surface area (Å²) >= 11 is 0. The van der Waals surface area contributed by atoms with Crippen molar-refractivity contribution in [3.05, 3.63) is 59.7 Å². The van der Waals surface area contributed by atoms with Crippen LogP contribution in [0.1, 0.15) is 17.5 Å². The van der Waals surface area contributed by atoms with Crippen LogP contribution in [-0.4, -0.2) is 27.2 Å². The fraction of sp³-hybridized carbons (Fsp3) is 0.250. The molecule has 0 saturated heterocycles. The fourth-order valence-electron chi connectivity index (χ4n) is 2.59. The molecule has 0 unspecified atom stereocenters. The van der Waals surface area contributed by atoms with Crippen molar-refractivity contribution in [2.24, 2.45) is 5.73 Å². The van der Waals surface area contributed by atoms with Crippen molar-refractivity contribution in [1.82, 2.24) is 0 Å². The molecule has 2 aromatic carbocycles. The maximum Gasteiger partial charge on any atom is 0.241 e. The third-order valence-electron chi connectivity index (χ3n) is 3.91. The number of primary amides is 1. The minimum Gasteiger partial charge on any atom is -0.497 e. The van der Waals surface area contributed by atoms with E-state index in [1.54, 1.807) is 21.3 Å². The molecule has 0 radical (unpaired) electrons. The minimum absolute atomic E-state index is 0.460. The van der Waals surface area contributed by atoms with E-state index in [0.29, 0.717) is 17.9 Å². The van der Waals surface area contributed by atoms with E-state index in [1.807, 2.05) is 42.5 Å². The minimum atomic E-state index is -0.460. The number of hydrogen-bond donors (Lipinski definition) is 1. The second-order valence-electron chi connectivity index (χ2n) is 5.49. The molecule has 0 aromatic heterocycles. The molecule has 0 aliphatic carbocycles. The highest BCUT2D eigenvalue weighted by molar-refractivity contribution is 5.94. The Hall–Kier alpha value is -2.95. The van der Waals surface area contributed by atoms with E-state index in [4.69, 9.17) is 19.9 Å². The van der Waals surface area contributed by atoms with Gasteiger partial charge in [0.25, 0.3) is 0 Å². The molecule has 0 fully saturated rings. The van der Waals surface area contributed by atoms with Crippen molar-refractivity contribution in [2.45, 2.75) is 12.8 Å². The fourth-order valence-corrected chi connectivity index (χ4v) is 2.59. The van der Waals surface area contributed by atoms with Crippen molar-refractivity contribution in [2.75, 3.05) is 21.3 Å². The molecular weight excluding hydrogens is 318 g/mol. The molecule has 0 atom stereocenters. The zero-order valence-electron chi connectivity index (χ0n) is 14.7. The zero-order chi connectivity index (χ0) is 18.2. The van der Waals surface area contributed by atoms with Crippen molar-refractivity contribution in [3.8, 4) is 17.2 Å². The summed E-state index contributed by atoms with van der Waals surface area (Å²) in [4.78, 5) is 11.4. The lowest BCUT2D eigenvalue weighted by Crippen LogP contribution is -2.07. The Morgan fingerprint density at radius 3 is 2.20 bits per heavy atom. The van der Waals surface area contributed by atoms with Crippen LogP contribution in [0, 0.1) is 0 Å². The molecule has 2 aromatic rings. The molecule has 0 bridgehead atoms. The molecule has 0 saturated carbocycles. The number of amides is 1. The van der Waals surface area contributed by atoms with Crippen LogP contribution in [0.2, 0.25) is 0 Å². The maximum absolute atomic E-state index is 11.4. The molecular formula is C20H23NO4. The highest BCUT2D eigenvalue weighted by atomic mass is 16.5. The van der Waals surface area contributed by atoms with E-state index in [-0.39, 0.29) is 0 Å². The smallest absolute Gasteiger partial charge is 0.241 e. The van der Waals surface area contributed by atoms with Crippen LogP contribution < -0.4 is 19.9 Å². The van der Waals surface area contributed by atoms with Gasteiger partial charge in [0.2, 0.25) is 5.91 Å². The number of carbonyl (C=O) groups excluding carboxylic acids is 1. The molecule has 1 amide bonds. The number of nitrogens with two attached hydrogens (primary N) is 1. The van der Waals surface area contributed by atoms with Gasteiger partial charge < -0.3 is 19.9 Å². The first-order valence-electron chi connectivity index (χ1n) is 7.92. The first-order chi connectivity index (χ1) is 12.1. The van der Waals surface area contributed by atoms with Crippen LogP contribution >= 0.6 is 0 Å². The summed E-state index contributed by atoms with van der Waals surface area (Å²) in [5, 5.41) is 0. The summed E-state index contributed by atoms with van der Waals surface area (Å²) in [5.74, 6) is 1.68. The summed E-state index contributed by atoms with van der Waals surface area (Å²) < 4.78 is 15.8. The number of rotatable bonds is 8. The van der Waals surface area contributed by atoms with Crippen LogP contribution in [0.25, 0.3) is 5.57 Å². The normalized spacial score (nSPS) is 11.1. The average molecular weight is 341 g/mol. The number of allylic oxidation sites excluding steroid dienone is 1. The van der Waals surface area contributed by atoms with Crippen LogP contribution in [0.4, 0.5) is 0 Å². The number of carbonyl (C=O) groups is 1. The Kier molecular flexibility index (Phi) is 6.46. The monoisotopic (exact) mass is 341 g/mol. The maximum atomic E-state index is 11.4. The Bertz CT molecular complexity index is 751. The van der Waals surface area contributed by atoms with Crippen LogP contribution in [0.3, 0.4) is 0 Å². The van der Waals surface area contributed by atoms with Crippen molar-refractivity contribution in [3.63, 3.8) is 0 Å². The number of ether oxygens (including phenoxy) is 3. The Morgan fingerprint density at radius 2 is 1.64 bits per heavy atom. The van der Waals surface area contributed by atoms with E-state index >= 15 is 0 Å². The average Bonchev–Trinajstić information content (AvgIpc) is 2.64. The second-order valence-corrected chi connectivity index (χ2v) is 5.49. The predicted molar refractivity (Wildman–Crippen MR) is 98.0 cm³/mol. The topological polar surface area (TPSA) is 70.8 Å². The van der Waals surface area contributed by atoms with E-state index in [2.05, 4.69) is 0 Å². The molecule has 2 N–H and O–H groups in total. The number of hydrogen-bond acceptors (Lipinski definition) is 4. The first kappa shape index (κ1) is 18.4. The lowest BCUT2D eigenvalue weighted by Gasteiger charge is -2.11. The van der Waals surface area contributed by atoms with Crippen LogP contribution in [-0.2, 0) is 11.2 Å². The van der Waals surface area contributed by atoms with Gasteiger partial charge >= 0.3 is 0 Å². The van der Waals surface area contributed by atoms with Gasteiger partial charge in [-0.05, 0) is 53.8 Å². The molecule has 5 heteroatoms. The van der Waals surface area contributed by atoms with Crippen LogP contribution in [0.5, 0.6) is 17.2 Å². The van der Waals surface area contributed by atoms with Gasteiger partial charge in [-0.1, -0.05) is 18.2 Å². The van der Waals surface area contributed by atoms with Gasteiger partial charge in [-0.3, -0.25) is 4.79 Å². The van der Waals surface area contributed by atoms with Gasteiger partial charge in [0.05, 0.1) is 21.3 Å². The SMILES string of the molecule is COc1ccc(C(=CC(N)=O)CCc2ccc(OC)c(OC)c2)cc1. The molecule has 5 nitrogen and oxygen atoms in total. The lowest BCUT2D eigenvalue weighted by molar-refractivity contribution is -0.113. The summed E-state index contributed by atoms with van der Waals surface area (Å²) in [6, 6.07) is 13.4. The molecule has 0 heterocycles. The predicted octanol–water partition coefficient (Wildman–Crippen LogP) is 3.21. The molecule has 0 spiro atoms. The van der Waals surface area contributed by atoms with Gasteiger partial charge in [-0.15, -0.1) is 0 Å². The third-order valence-corrected chi connectivity index (χ3v) is 3.91. The van der Waals surface area contributed by atoms with Gasteiger partial charge in [-0.25, -0.2) is 0 Å². The Morgan fingerprint density at radius 1 is 0.960 bits per heavy atom.